The molecule has 3 N–H and O–H groups in total. The Bertz CT molecular complexity index is 1090. The van der Waals surface area contributed by atoms with E-state index in [4.69, 9.17) is 15.2 Å². The third kappa shape index (κ3) is 6.09. The highest BCUT2D eigenvalue weighted by Gasteiger charge is 2.08. The van der Waals surface area contributed by atoms with Crippen LogP contribution < -0.4 is 20.6 Å². The van der Waals surface area contributed by atoms with E-state index in [9.17, 15) is 4.79 Å². The lowest BCUT2D eigenvalue weighted by atomic mass is 10.1. The molecule has 3 rings (SSSR count). The highest BCUT2D eigenvalue weighted by molar-refractivity contribution is 5.95. The molecule has 6 heteroatoms. The highest BCUT2D eigenvalue weighted by Crippen LogP contribution is 2.29. The molecule has 6 nitrogen and oxygen atoms in total. The van der Waals surface area contributed by atoms with Gasteiger partial charge in [-0.3, -0.25) is 4.79 Å². The number of carbonyl (C=O) groups excluding carboxylic acids is 1. The highest BCUT2D eigenvalue weighted by atomic mass is 16.5. The van der Waals surface area contributed by atoms with E-state index < -0.39 is 0 Å². The molecule has 0 radical (unpaired) electrons. The van der Waals surface area contributed by atoms with E-state index in [0.717, 1.165) is 11.1 Å². The largest absolute Gasteiger partial charge is 0.490 e. The van der Waals surface area contributed by atoms with Crippen molar-refractivity contribution in [1.29, 1.82) is 0 Å². The first-order valence-electron chi connectivity index (χ1n) is 10.1. The van der Waals surface area contributed by atoms with Gasteiger partial charge in [0.25, 0.3) is 5.91 Å². The number of amides is 1. The van der Waals surface area contributed by atoms with Crippen molar-refractivity contribution in [2.45, 2.75) is 27.4 Å². The molecule has 3 aromatic carbocycles. The standard InChI is InChI=1S/C25H27N3O3/c1-4-30-24-13-19(15-27-28-25(29)20-6-5-7-22(26)14-20)10-11-23(24)31-16-21-12-17(2)8-9-18(21)3/h5-15H,4,16,26H2,1-3H3,(H,28,29)/b27-15-. The molecule has 1 amide bonds. The fraction of sp³-hybridized carbons (Fsp3) is 0.200. The Labute approximate surface area is 182 Å². The molecule has 31 heavy (non-hydrogen) atoms. The summed E-state index contributed by atoms with van der Waals surface area (Å²) in [4.78, 5) is 12.2. The number of nitrogens with two attached hydrogens (primary N) is 1. The predicted molar refractivity (Wildman–Crippen MR) is 124 cm³/mol. The summed E-state index contributed by atoms with van der Waals surface area (Å²) < 4.78 is 11.8. The first-order chi connectivity index (χ1) is 15.0. The topological polar surface area (TPSA) is 85.9 Å². The van der Waals surface area contributed by atoms with Crippen molar-refractivity contribution >= 4 is 17.8 Å². The molecule has 0 spiro atoms. The molecule has 0 aliphatic carbocycles. The Morgan fingerprint density at radius 3 is 2.65 bits per heavy atom. The predicted octanol–water partition coefficient (Wildman–Crippen LogP) is 4.63. The minimum Gasteiger partial charge on any atom is -0.490 e. The van der Waals surface area contributed by atoms with Crippen LogP contribution in [0, 0.1) is 13.8 Å². The van der Waals surface area contributed by atoms with E-state index in [1.165, 1.54) is 11.1 Å². The molecule has 0 atom stereocenters. The quantitative estimate of drug-likeness (QED) is 0.318. The van der Waals surface area contributed by atoms with Crippen LogP contribution in [0.5, 0.6) is 11.5 Å². The number of rotatable bonds is 8. The smallest absolute Gasteiger partial charge is 0.271 e. The Morgan fingerprint density at radius 1 is 1.03 bits per heavy atom. The second-order valence-corrected chi connectivity index (χ2v) is 7.18. The van der Waals surface area contributed by atoms with Gasteiger partial charge in [0.1, 0.15) is 6.61 Å². The zero-order valence-electron chi connectivity index (χ0n) is 18.0. The van der Waals surface area contributed by atoms with E-state index in [2.05, 4.69) is 42.6 Å². The Morgan fingerprint density at radius 2 is 1.87 bits per heavy atom. The number of carbonyl (C=O) groups is 1. The molecule has 0 fully saturated rings. The molecule has 0 aliphatic rings. The number of anilines is 1. The number of nitrogen functional groups attached to an aromatic ring is 1. The lowest BCUT2D eigenvalue weighted by molar-refractivity contribution is 0.0955. The van der Waals surface area contributed by atoms with Crippen LogP contribution in [0.2, 0.25) is 0 Å². The van der Waals surface area contributed by atoms with Crippen LogP contribution in [-0.4, -0.2) is 18.7 Å². The number of nitrogens with one attached hydrogen (secondary N) is 1. The van der Waals surface area contributed by atoms with Gasteiger partial charge in [0.05, 0.1) is 12.8 Å². The molecule has 0 bridgehead atoms. The summed E-state index contributed by atoms with van der Waals surface area (Å²) in [6.07, 6.45) is 1.56. The van der Waals surface area contributed by atoms with Crippen LogP contribution >= 0.6 is 0 Å². The second kappa shape index (κ2) is 10.3. The summed E-state index contributed by atoms with van der Waals surface area (Å²) in [6, 6.07) is 18.6. The minimum absolute atomic E-state index is 0.331. The fourth-order valence-electron chi connectivity index (χ4n) is 3.01. The summed E-state index contributed by atoms with van der Waals surface area (Å²) in [5, 5.41) is 4.03. The van der Waals surface area contributed by atoms with Crippen LogP contribution in [0.15, 0.2) is 65.8 Å². The van der Waals surface area contributed by atoms with Crippen molar-refractivity contribution in [2.24, 2.45) is 5.10 Å². The maximum Gasteiger partial charge on any atom is 0.271 e. The minimum atomic E-state index is -0.331. The average molecular weight is 418 g/mol. The van der Waals surface area contributed by atoms with Gasteiger partial charge < -0.3 is 15.2 Å². The normalized spacial score (nSPS) is 10.8. The molecule has 3 aromatic rings. The summed E-state index contributed by atoms with van der Waals surface area (Å²) in [5.74, 6) is 0.949. The van der Waals surface area contributed by atoms with Gasteiger partial charge >= 0.3 is 0 Å². The van der Waals surface area contributed by atoms with Crippen LogP contribution in [0.1, 0.15) is 39.5 Å². The van der Waals surface area contributed by atoms with Gasteiger partial charge in [-0.05, 0) is 73.9 Å². The summed E-state index contributed by atoms with van der Waals surface area (Å²) in [6.45, 7) is 7.01. The SMILES string of the molecule is CCOc1cc(/C=N\NC(=O)c2cccc(N)c2)ccc1OCc1cc(C)ccc1C. The third-order valence-electron chi connectivity index (χ3n) is 4.68. The number of benzene rings is 3. The van der Waals surface area contributed by atoms with Crippen LogP contribution in [0.4, 0.5) is 5.69 Å². The zero-order chi connectivity index (χ0) is 22.2. The van der Waals surface area contributed by atoms with Gasteiger partial charge in [-0.1, -0.05) is 29.8 Å². The first-order valence-corrected chi connectivity index (χ1v) is 10.1. The lowest BCUT2D eigenvalue weighted by Crippen LogP contribution is -2.17. The third-order valence-corrected chi connectivity index (χ3v) is 4.68. The Hall–Kier alpha value is -3.80. The fourth-order valence-corrected chi connectivity index (χ4v) is 3.01. The maximum absolute atomic E-state index is 12.2. The van der Waals surface area contributed by atoms with Crippen molar-refractivity contribution in [2.75, 3.05) is 12.3 Å². The number of nitrogens with zero attached hydrogens (tertiary/aromatic N) is 1. The van der Waals surface area contributed by atoms with Crippen molar-refractivity contribution in [1.82, 2.24) is 5.43 Å². The number of hydrogen-bond acceptors (Lipinski definition) is 5. The van der Waals surface area contributed by atoms with E-state index in [1.54, 1.807) is 30.5 Å². The summed E-state index contributed by atoms with van der Waals surface area (Å²) in [5.41, 5.74) is 13.5. The summed E-state index contributed by atoms with van der Waals surface area (Å²) >= 11 is 0. The molecule has 0 aromatic heterocycles. The molecular formula is C25H27N3O3. The summed E-state index contributed by atoms with van der Waals surface area (Å²) in [7, 11) is 0. The molecule has 160 valence electrons. The van der Waals surface area contributed by atoms with Gasteiger partial charge in [-0.15, -0.1) is 0 Å². The van der Waals surface area contributed by atoms with Gasteiger partial charge in [0.2, 0.25) is 0 Å². The lowest BCUT2D eigenvalue weighted by Gasteiger charge is -2.14. The van der Waals surface area contributed by atoms with Gasteiger partial charge in [-0.25, -0.2) is 5.43 Å². The average Bonchev–Trinajstić information content (AvgIpc) is 2.75. The molecule has 0 saturated carbocycles. The van der Waals surface area contributed by atoms with Gasteiger partial charge in [0.15, 0.2) is 11.5 Å². The molecular weight excluding hydrogens is 390 g/mol. The van der Waals surface area contributed by atoms with Crippen molar-refractivity contribution < 1.29 is 14.3 Å². The van der Waals surface area contributed by atoms with E-state index in [0.29, 0.717) is 36.0 Å². The van der Waals surface area contributed by atoms with E-state index >= 15 is 0 Å². The second-order valence-electron chi connectivity index (χ2n) is 7.18. The van der Waals surface area contributed by atoms with Gasteiger partial charge in [0, 0.05) is 11.3 Å². The maximum atomic E-state index is 12.2. The Kier molecular flexibility index (Phi) is 7.27. The molecule has 0 saturated heterocycles. The number of ether oxygens (including phenoxy) is 2. The molecule has 0 unspecified atom stereocenters. The number of aryl methyl sites for hydroxylation is 2. The monoisotopic (exact) mass is 417 g/mol. The first kappa shape index (κ1) is 21.9. The van der Waals surface area contributed by atoms with Crippen molar-refractivity contribution in [3.05, 3.63) is 88.5 Å². The number of hydrogen-bond donors (Lipinski definition) is 2. The Balaban J connectivity index is 1.68. The van der Waals surface area contributed by atoms with E-state index in [-0.39, 0.29) is 5.91 Å². The van der Waals surface area contributed by atoms with Gasteiger partial charge in [-0.2, -0.15) is 5.10 Å². The van der Waals surface area contributed by atoms with Crippen LogP contribution in [0.3, 0.4) is 0 Å². The number of hydrazone groups is 1. The van der Waals surface area contributed by atoms with Crippen LogP contribution in [-0.2, 0) is 6.61 Å². The van der Waals surface area contributed by atoms with Crippen LogP contribution in [0.25, 0.3) is 0 Å². The van der Waals surface area contributed by atoms with Crippen molar-refractivity contribution in [3.8, 4) is 11.5 Å². The van der Waals surface area contributed by atoms with E-state index in [1.807, 2.05) is 25.1 Å². The zero-order valence-corrected chi connectivity index (χ0v) is 18.0. The molecule has 0 aliphatic heterocycles. The molecule has 0 heterocycles. The van der Waals surface area contributed by atoms with Crippen molar-refractivity contribution in [3.63, 3.8) is 0 Å².